The van der Waals surface area contributed by atoms with Crippen LogP contribution in [0.15, 0.2) is 49.6 Å². The molecule has 1 aromatic rings. The van der Waals surface area contributed by atoms with E-state index in [1.807, 2.05) is 0 Å². The molecule has 18 heavy (non-hydrogen) atoms. The van der Waals surface area contributed by atoms with Crippen molar-refractivity contribution in [3.63, 3.8) is 0 Å². The molecular weight excluding hydrogens is 256 g/mol. The highest BCUT2D eigenvalue weighted by atomic mass is 35.5. The summed E-state index contributed by atoms with van der Waals surface area (Å²) in [7, 11) is 0. The molecule has 0 heterocycles. The average Bonchev–Trinajstić information content (AvgIpc) is 2.38. The molecule has 0 fully saturated rings. The number of ether oxygens (including phenoxy) is 2. The van der Waals surface area contributed by atoms with Gasteiger partial charge in [0.15, 0.2) is 0 Å². The van der Waals surface area contributed by atoms with E-state index in [2.05, 4.69) is 13.2 Å². The van der Waals surface area contributed by atoms with Gasteiger partial charge in [-0.2, -0.15) is 0 Å². The fourth-order valence-corrected chi connectivity index (χ4v) is 1.21. The second kappa shape index (κ2) is 6.61. The Morgan fingerprint density at radius 1 is 1.22 bits per heavy atom. The van der Waals surface area contributed by atoms with Crippen molar-refractivity contribution >= 4 is 22.8 Å². The van der Waals surface area contributed by atoms with Crippen molar-refractivity contribution < 1.29 is 19.1 Å². The van der Waals surface area contributed by atoms with Crippen LogP contribution in [-0.4, -0.2) is 17.5 Å². The van der Waals surface area contributed by atoms with Gasteiger partial charge in [-0.1, -0.05) is 13.2 Å². The zero-order valence-corrected chi connectivity index (χ0v) is 10.2. The average molecular weight is 267 g/mol. The van der Waals surface area contributed by atoms with E-state index in [4.69, 9.17) is 21.1 Å². The van der Waals surface area contributed by atoms with Gasteiger partial charge in [-0.05, 0) is 41.9 Å². The Kier molecular flexibility index (Phi) is 5.14. The lowest BCUT2D eigenvalue weighted by Crippen LogP contribution is -2.20. The van der Waals surface area contributed by atoms with Crippen molar-refractivity contribution in [3.05, 3.63) is 55.1 Å². The summed E-state index contributed by atoms with van der Waals surface area (Å²) in [4.78, 5) is 21.8. The molecule has 0 aliphatic carbocycles. The van der Waals surface area contributed by atoms with Crippen LogP contribution in [0.3, 0.4) is 0 Å². The van der Waals surface area contributed by atoms with E-state index < -0.39 is 17.5 Å². The number of carbonyl (C=O) groups excluding carboxylic acids is 2. The lowest BCUT2D eigenvalue weighted by Gasteiger charge is -2.14. The fourth-order valence-electron chi connectivity index (χ4n) is 1.08. The molecule has 1 aromatic carbocycles. The maximum Gasteiger partial charge on any atom is 0.333 e. The molecule has 1 unspecified atom stereocenters. The summed E-state index contributed by atoms with van der Waals surface area (Å²) in [5, 5.41) is -0.556. The van der Waals surface area contributed by atoms with Gasteiger partial charge >= 0.3 is 5.97 Å². The number of hydrogen-bond acceptors (Lipinski definition) is 4. The SMILES string of the molecule is C=CC(=O)OC(C=C)Oc1ccc(C(=O)Cl)cc1. The van der Waals surface area contributed by atoms with Crippen molar-refractivity contribution in [2.75, 3.05) is 0 Å². The van der Waals surface area contributed by atoms with E-state index in [0.717, 1.165) is 6.08 Å². The molecule has 0 aliphatic rings. The van der Waals surface area contributed by atoms with E-state index >= 15 is 0 Å². The van der Waals surface area contributed by atoms with Crippen LogP contribution in [0.5, 0.6) is 5.75 Å². The minimum absolute atomic E-state index is 0.349. The number of rotatable bonds is 6. The summed E-state index contributed by atoms with van der Waals surface area (Å²) in [5.41, 5.74) is 0.349. The molecule has 5 heteroatoms. The summed E-state index contributed by atoms with van der Waals surface area (Å²) >= 11 is 5.30. The lowest BCUT2D eigenvalue weighted by atomic mass is 10.2. The van der Waals surface area contributed by atoms with Crippen LogP contribution >= 0.6 is 11.6 Å². The lowest BCUT2D eigenvalue weighted by molar-refractivity contribution is -0.151. The summed E-state index contributed by atoms with van der Waals surface area (Å²) in [6.07, 6.45) is 1.42. The summed E-state index contributed by atoms with van der Waals surface area (Å²) in [6.45, 7) is 6.75. The minimum Gasteiger partial charge on any atom is -0.451 e. The molecule has 0 saturated heterocycles. The largest absolute Gasteiger partial charge is 0.451 e. The Morgan fingerprint density at radius 3 is 2.28 bits per heavy atom. The molecule has 4 nitrogen and oxygen atoms in total. The molecule has 0 spiro atoms. The van der Waals surface area contributed by atoms with Gasteiger partial charge in [-0.15, -0.1) is 0 Å². The first-order valence-electron chi connectivity index (χ1n) is 4.99. The van der Waals surface area contributed by atoms with E-state index in [9.17, 15) is 9.59 Å². The topological polar surface area (TPSA) is 52.6 Å². The van der Waals surface area contributed by atoms with E-state index in [-0.39, 0.29) is 0 Å². The maximum absolute atomic E-state index is 11.0. The van der Waals surface area contributed by atoms with Crippen LogP contribution in [0.2, 0.25) is 0 Å². The highest BCUT2D eigenvalue weighted by Gasteiger charge is 2.10. The minimum atomic E-state index is -0.923. The molecule has 0 saturated carbocycles. The molecule has 1 rings (SSSR count). The van der Waals surface area contributed by atoms with Crippen LogP contribution < -0.4 is 4.74 Å². The van der Waals surface area contributed by atoms with Crippen LogP contribution in [-0.2, 0) is 9.53 Å². The molecular formula is C13H11ClO4. The molecule has 1 atom stereocenters. The zero-order chi connectivity index (χ0) is 13.5. The first-order valence-corrected chi connectivity index (χ1v) is 5.36. The molecule has 0 N–H and O–H groups in total. The Hall–Kier alpha value is -2.07. The van der Waals surface area contributed by atoms with E-state index in [1.54, 1.807) is 0 Å². The van der Waals surface area contributed by atoms with Crippen molar-refractivity contribution in [2.45, 2.75) is 6.29 Å². The first-order chi connectivity index (χ1) is 8.56. The van der Waals surface area contributed by atoms with Crippen molar-refractivity contribution in [1.82, 2.24) is 0 Å². The third kappa shape index (κ3) is 4.07. The third-order valence-electron chi connectivity index (χ3n) is 1.92. The molecule has 0 radical (unpaired) electrons. The quantitative estimate of drug-likeness (QED) is 0.261. The van der Waals surface area contributed by atoms with E-state index in [1.165, 1.54) is 30.3 Å². The van der Waals surface area contributed by atoms with Gasteiger partial charge in [0.05, 0.1) is 0 Å². The van der Waals surface area contributed by atoms with Crippen molar-refractivity contribution in [2.24, 2.45) is 0 Å². The van der Waals surface area contributed by atoms with Gasteiger partial charge < -0.3 is 9.47 Å². The number of hydrogen-bond donors (Lipinski definition) is 0. The summed E-state index contributed by atoms with van der Waals surface area (Å²) < 4.78 is 10.1. The van der Waals surface area contributed by atoms with Gasteiger partial charge in [0.2, 0.25) is 0 Å². The standard InChI is InChI=1S/C13H11ClO4/c1-3-11(15)18-12(4-2)17-10-7-5-9(6-8-10)13(14)16/h3-8,12H,1-2H2. The van der Waals surface area contributed by atoms with Crippen LogP contribution in [0.4, 0.5) is 0 Å². The van der Waals surface area contributed by atoms with Gasteiger partial charge in [0, 0.05) is 11.6 Å². The highest BCUT2D eigenvalue weighted by Crippen LogP contribution is 2.16. The number of esters is 1. The fraction of sp³-hybridized carbons (Fsp3) is 0.0769. The molecule has 0 amide bonds. The Balaban J connectivity index is 2.70. The van der Waals surface area contributed by atoms with Crippen molar-refractivity contribution in [3.8, 4) is 5.75 Å². The monoisotopic (exact) mass is 266 g/mol. The second-order valence-electron chi connectivity index (χ2n) is 3.16. The predicted octanol–water partition coefficient (Wildman–Crippen LogP) is 2.69. The second-order valence-corrected chi connectivity index (χ2v) is 3.50. The van der Waals surface area contributed by atoms with Gasteiger partial charge in [-0.25, -0.2) is 4.79 Å². The summed E-state index contributed by atoms with van der Waals surface area (Å²) in [6, 6.07) is 6.07. The third-order valence-corrected chi connectivity index (χ3v) is 2.14. The molecule has 94 valence electrons. The molecule has 0 aliphatic heterocycles. The Morgan fingerprint density at radius 2 is 1.83 bits per heavy atom. The molecule has 0 bridgehead atoms. The maximum atomic E-state index is 11.0. The Bertz CT molecular complexity index is 464. The van der Waals surface area contributed by atoms with Gasteiger partial charge in [0.1, 0.15) is 5.75 Å². The number of benzene rings is 1. The highest BCUT2D eigenvalue weighted by molar-refractivity contribution is 6.67. The van der Waals surface area contributed by atoms with Crippen molar-refractivity contribution in [1.29, 1.82) is 0 Å². The van der Waals surface area contributed by atoms with Crippen LogP contribution in [0.25, 0.3) is 0 Å². The van der Waals surface area contributed by atoms with E-state index in [0.29, 0.717) is 11.3 Å². The van der Waals surface area contributed by atoms with Crippen LogP contribution in [0.1, 0.15) is 10.4 Å². The van der Waals surface area contributed by atoms with Gasteiger partial charge in [-0.3, -0.25) is 4.79 Å². The van der Waals surface area contributed by atoms with Gasteiger partial charge in [0.25, 0.3) is 11.5 Å². The number of carbonyl (C=O) groups is 2. The predicted molar refractivity (Wildman–Crippen MR) is 67.5 cm³/mol. The van der Waals surface area contributed by atoms with Crippen LogP contribution in [0, 0.1) is 0 Å². The first kappa shape index (κ1) is 14.0. The summed E-state index contributed by atoms with van der Waals surface area (Å²) in [5.74, 6) is -0.203. The Labute approximate surface area is 109 Å². The normalized spacial score (nSPS) is 11.2. The molecule has 0 aromatic heterocycles. The number of halogens is 1. The zero-order valence-electron chi connectivity index (χ0n) is 9.47. The smallest absolute Gasteiger partial charge is 0.333 e.